The van der Waals surface area contributed by atoms with Gasteiger partial charge in [0.15, 0.2) is 11.6 Å². The number of aryl methyl sites for hydroxylation is 1. The van der Waals surface area contributed by atoms with Crippen molar-refractivity contribution in [3.05, 3.63) is 46.8 Å². The Balaban J connectivity index is 2.57. The van der Waals surface area contributed by atoms with Crippen molar-refractivity contribution in [2.45, 2.75) is 45.4 Å². The minimum absolute atomic E-state index is 0.00137. The second kappa shape index (κ2) is 7.18. The zero-order chi connectivity index (χ0) is 17.1. The van der Waals surface area contributed by atoms with Crippen molar-refractivity contribution in [1.82, 2.24) is 0 Å². The Hall–Kier alpha value is -1.81. The molecule has 0 bridgehead atoms. The summed E-state index contributed by atoms with van der Waals surface area (Å²) < 4.78 is 14.4. The van der Waals surface area contributed by atoms with Gasteiger partial charge in [0.25, 0.3) is 0 Å². The molecule has 0 fully saturated rings. The lowest BCUT2D eigenvalue weighted by molar-refractivity contribution is 0.313. The standard InChI is InChI=1S/C19H25FO3/c1-4-5-13-9-16(22)17(19(23)18(13)20)15-8-12(10-21)6-7-14(15)11(2)3/h8-9,14-15,21-23H,2,4-7,10H2,1,3H3/t14-,15+/m0/s1. The van der Waals surface area contributed by atoms with E-state index in [0.717, 1.165) is 30.4 Å². The summed E-state index contributed by atoms with van der Waals surface area (Å²) >= 11 is 0. The monoisotopic (exact) mass is 320 g/mol. The average Bonchev–Trinajstić information content (AvgIpc) is 2.52. The summed E-state index contributed by atoms with van der Waals surface area (Å²) in [6, 6.07) is 1.41. The van der Waals surface area contributed by atoms with Crippen molar-refractivity contribution < 1.29 is 19.7 Å². The van der Waals surface area contributed by atoms with Crippen LogP contribution in [0.4, 0.5) is 4.39 Å². The summed E-state index contributed by atoms with van der Waals surface area (Å²) in [5, 5.41) is 30.1. The number of halogens is 1. The SMILES string of the molecule is C=C(C)[C@@H]1CCC(CO)=C[C@H]1c1c(O)cc(CCC)c(F)c1O. The van der Waals surface area contributed by atoms with Crippen LogP contribution in [-0.4, -0.2) is 21.9 Å². The number of aromatic hydroxyl groups is 2. The molecule has 2 rings (SSSR count). The van der Waals surface area contributed by atoms with Gasteiger partial charge in [0.1, 0.15) is 5.75 Å². The number of hydrogen-bond acceptors (Lipinski definition) is 3. The maximum atomic E-state index is 14.4. The van der Waals surface area contributed by atoms with Gasteiger partial charge in [0.2, 0.25) is 0 Å². The maximum Gasteiger partial charge on any atom is 0.168 e. The van der Waals surface area contributed by atoms with Crippen LogP contribution < -0.4 is 0 Å². The van der Waals surface area contributed by atoms with E-state index in [-0.39, 0.29) is 29.8 Å². The lowest BCUT2D eigenvalue weighted by Crippen LogP contribution is -2.19. The Morgan fingerprint density at radius 2 is 2.09 bits per heavy atom. The van der Waals surface area contributed by atoms with Crippen LogP contribution in [0.2, 0.25) is 0 Å². The molecule has 0 unspecified atom stereocenters. The molecule has 2 atom stereocenters. The highest BCUT2D eigenvalue weighted by molar-refractivity contribution is 5.52. The topological polar surface area (TPSA) is 60.7 Å². The number of benzene rings is 1. The first kappa shape index (κ1) is 17.5. The van der Waals surface area contributed by atoms with Crippen LogP contribution in [0.1, 0.15) is 50.2 Å². The highest BCUT2D eigenvalue weighted by atomic mass is 19.1. The summed E-state index contributed by atoms with van der Waals surface area (Å²) in [6.45, 7) is 7.72. The van der Waals surface area contributed by atoms with Gasteiger partial charge in [-0.05, 0) is 49.3 Å². The summed E-state index contributed by atoms with van der Waals surface area (Å²) in [4.78, 5) is 0. The molecule has 3 nitrogen and oxygen atoms in total. The number of aliphatic hydroxyl groups is 1. The molecule has 0 aromatic heterocycles. The van der Waals surface area contributed by atoms with E-state index in [2.05, 4.69) is 6.58 Å². The third-order valence-electron chi connectivity index (χ3n) is 4.65. The smallest absolute Gasteiger partial charge is 0.168 e. The molecule has 3 N–H and O–H groups in total. The number of phenolic OH excluding ortho intramolecular Hbond substituents is 2. The fourth-order valence-electron chi connectivity index (χ4n) is 3.42. The first-order valence-corrected chi connectivity index (χ1v) is 8.09. The molecule has 0 amide bonds. The summed E-state index contributed by atoms with van der Waals surface area (Å²) in [7, 11) is 0. The molecular formula is C19H25FO3. The van der Waals surface area contributed by atoms with Crippen LogP contribution in [0.3, 0.4) is 0 Å². The molecule has 0 spiro atoms. The summed E-state index contributed by atoms with van der Waals surface area (Å²) in [6.07, 6.45) is 4.50. The van der Waals surface area contributed by atoms with Crippen molar-refractivity contribution in [3.8, 4) is 11.5 Å². The van der Waals surface area contributed by atoms with E-state index in [9.17, 15) is 19.7 Å². The third kappa shape index (κ3) is 3.42. The van der Waals surface area contributed by atoms with Gasteiger partial charge < -0.3 is 15.3 Å². The molecule has 126 valence electrons. The molecule has 0 saturated carbocycles. The zero-order valence-corrected chi connectivity index (χ0v) is 13.8. The van der Waals surface area contributed by atoms with Crippen LogP contribution in [0, 0.1) is 11.7 Å². The van der Waals surface area contributed by atoms with E-state index >= 15 is 0 Å². The minimum atomic E-state index is -0.662. The van der Waals surface area contributed by atoms with Crippen molar-refractivity contribution in [2.75, 3.05) is 6.61 Å². The number of allylic oxidation sites excluding steroid dienone is 2. The molecule has 0 heterocycles. The summed E-state index contributed by atoms with van der Waals surface area (Å²) in [5.41, 5.74) is 2.27. The number of aliphatic hydroxyl groups excluding tert-OH is 1. The lowest BCUT2D eigenvalue weighted by Gasteiger charge is -2.32. The van der Waals surface area contributed by atoms with Gasteiger partial charge in [-0.3, -0.25) is 0 Å². The first-order chi connectivity index (χ1) is 10.9. The van der Waals surface area contributed by atoms with E-state index in [1.165, 1.54) is 6.07 Å². The number of rotatable bonds is 5. The Bertz CT molecular complexity index is 634. The molecule has 0 radical (unpaired) electrons. The van der Waals surface area contributed by atoms with Crippen molar-refractivity contribution in [2.24, 2.45) is 5.92 Å². The molecule has 23 heavy (non-hydrogen) atoms. The predicted octanol–water partition coefficient (Wildman–Crippen LogP) is 4.18. The third-order valence-corrected chi connectivity index (χ3v) is 4.65. The fourth-order valence-corrected chi connectivity index (χ4v) is 3.42. The van der Waals surface area contributed by atoms with Crippen molar-refractivity contribution >= 4 is 0 Å². The van der Waals surface area contributed by atoms with Gasteiger partial charge in [-0.25, -0.2) is 4.39 Å². The number of phenols is 2. The Morgan fingerprint density at radius 3 is 2.65 bits per heavy atom. The Kier molecular flexibility index (Phi) is 5.47. The van der Waals surface area contributed by atoms with E-state index < -0.39 is 11.6 Å². The van der Waals surface area contributed by atoms with E-state index in [0.29, 0.717) is 12.0 Å². The van der Waals surface area contributed by atoms with Gasteiger partial charge in [0.05, 0.1) is 6.61 Å². The van der Waals surface area contributed by atoms with Gasteiger partial charge >= 0.3 is 0 Å². The molecular weight excluding hydrogens is 295 g/mol. The molecule has 1 aromatic rings. The summed E-state index contributed by atoms with van der Waals surface area (Å²) in [5.74, 6) is -1.63. The highest BCUT2D eigenvalue weighted by Gasteiger charge is 2.32. The van der Waals surface area contributed by atoms with Gasteiger partial charge in [-0.15, -0.1) is 0 Å². The van der Waals surface area contributed by atoms with Crippen LogP contribution in [-0.2, 0) is 6.42 Å². The molecule has 1 aliphatic rings. The second-order valence-electron chi connectivity index (χ2n) is 6.38. The van der Waals surface area contributed by atoms with Crippen molar-refractivity contribution in [1.29, 1.82) is 0 Å². The van der Waals surface area contributed by atoms with Crippen LogP contribution in [0.25, 0.3) is 0 Å². The molecule has 0 aliphatic heterocycles. The number of hydrogen-bond donors (Lipinski definition) is 3. The van der Waals surface area contributed by atoms with Crippen LogP contribution in [0.15, 0.2) is 29.9 Å². The quantitative estimate of drug-likeness (QED) is 0.713. The van der Waals surface area contributed by atoms with E-state index in [1.54, 1.807) is 0 Å². The van der Waals surface area contributed by atoms with Gasteiger partial charge in [0, 0.05) is 11.5 Å². The van der Waals surface area contributed by atoms with Crippen LogP contribution in [0.5, 0.6) is 11.5 Å². The van der Waals surface area contributed by atoms with Gasteiger partial charge in [-0.1, -0.05) is 31.6 Å². The Morgan fingerprint density at radius 1 is 1.39 bits per heavy atom. The maximum absolute atomic E-state index is 14.4. The van der Waals surface area contributed by atoms with E-state index in [1.807, 2.05) is 19.9 Å². The van der Waals surface area contributed by atoms with Gasteiger partial charge in [-0.2, -0.15) is 0 Å². The fraction of sp³-hybridized carbons (Fsp3) is 0.474. The average molecular weight is 320 g/mol. The normalized spacial score (nSPS) is 21.1. The van der Waals surface area contributed by atoms with Crippen LogP contribution >= 0.6 is 0 Å². The molecule has 1 aliphatic carbocycles. The lowest BCUT2D eigenvalue weighted by atomic mass is 9.73. The highest BCUT2D eigenvalue weighted by Crippen LogP contribution is 2.47. The largest absolute Gasteiger partial charge is 0.507 e. The molecule has 1 aromatic carbocycles. The Labute approximate surface area is 136 Å². The molecule has 0 saturated heterocycles. The second-order valence-corrected chi connectivity index (χ2v) is 6.38. The molecule has 4 heteroatoms. The van der Waals surface area contributed by atoms with Crippen molar-refractivity contribution in [3.63, 3.8) is 0 Å². The van der Waals surface area contributed by atoms with E-state index in [4.69, 9.17) is 0 Å². The zero-order valence-electron chi connectivity index (χ0n) is 13.8. The first-order valence-electron chi connectivity index (χ1n) is 8.09. The minimum Gasteiger partial charge on any atom is -0.507 e. The predicted molar refractivity (Wildman–Crippen MR) is 89.2 cm³/mol.